The molecule has 4 rings (SSSR count). The molecule has 0 atom stereocenters. The molecular weight excluding hydrogens is 374 g/mol. The van der Waals surface area contributed by atoms with E-state index in [1.54, 1.807) is 13.3 Å². The maximum atomic E-state index is 12.7. The summed E-state index contributed by atoms with van der Waals surface area (Å²) in [6, 6.07) is 13.4. The van der Waals surface area contributed by atoms with E-state index in [4.69, 9.17) is 9.15 Å². The maximum absolute atomic E-state index is 12.7. The predicted molar refractivity (Wildman–Crippen MR) is 109 cm³/mol. The lowest BCUT2D eigenvalue weighted by molar-refractivity contribution is 0.102. The van der Waals surface area contributed by atoms with Gasteiger partial charge in [0.25, 0.3) is 5.22 Å². The number of aromatic amines is 1. The third-order valence-electron chi connectivity index (χ3n) is 4.55. The highest BCUT2D eigenvalue weighted by Gasteiger charge is 2.16. The van der Waals surface area contributed by atoms with Gasteiger partial charge in [-0.2, -0.15) is 0 Å². The Hall–Kier alpha value is -3.06. The Bertz CT molecular complexity index is 1120. The summed E-state index contributed by atoms with van der Waals surface area (Å²) in [5, 5.41) is 9.41. The van der Waals surface area contributed by atoms with Gasteiger partial charge in [-0.05, 0) is 36.2 Å². The minimum Gasteiger partial charge on any atom is -0.497 e. The molecule has 2 heterocycles. The lowest BCUT2D eigenvalue weighted by Crippen LogP contribution is -2.01. The predicted octanol–water partition coefficient (Wildman–Crippen LogP) is 4.76. The highest BCUT2D eigenvalue weighted by atomic mass is 32.2. The second-order valence-electron chi connectivity index (χ2n) is 6.21. The van der Waals surface area contributed by atoms with E-state index in [1.807, 2.05) is 36.4 Å². The second kappa shape index (κ2) is 7.90. The number of aryl methyl sites for hydroxylation is 1. The molecule has 0 amide bonds. The fourth-order valence-electron chi connectivity index (χ4n) is 3.07. The minimum atomic E-state index is 0.0219. The van der Waals surface area contributed by atoms with Gasteiger partial charge in [0, 0.05) is 28.2 Å². The summed E-state index contributed by atoms with van der Waals surface area (Å²) in [7, 11) is 1.62. The molecule has 2 aromatic carbocycles. The van der Waals surface area contributed by atoms with Crippen molar-refractivity contribution in [2.45, 2.75) is 18.6 Å². The molecule has 0 unspecified atom stereocenters. The van der Waals surface area contributed by atoms with Crippen LogP contribution in [0, 0.1) is 0 Å². The van der Waals surface area contributed by atoms with Crippen molar-refractivity contribution >= 4 is 28.4 Å². The van der Waals surface area contributed by atoms with Gasteiger partial charge in [0.15, 0.2) is 5.78 Å². The highest BCUT2D eigenvalue weighted by molar-refractivity contribution is 7.99. The number of carbonyl (C=O) groups excluding carboxylic acids is 1. The summed E-state index contributed by atoms with van der Waals surface area (Å²) in [6.45, 7) is 2.10. The van der Waals surface area contributed by atoms with Gasteiger partial charge in [-0.1, -0.05) is 36.9 Å². The molecular formula is C21H19N3O3S. The molecule has 0 saturated heterocycles. The number of H-pyrrole nitrogens is 1. The number of rotatable bonds is 7. The van der Waals surface area contributed by atoms with Crippen LogP contribution in [0.3, 0.4) is 0 Å². The summed E-state index contributed by atoms with van der Waals surface area (Å²) in [6.07, 6.45) is 2.69. The SMILES string of the molecule is CCc1cccc2c(C(=O)CSc3nnc(-c4ccc(OC)cc4)o3)c[nH]c12. The quantitative estimate of drug-likeness (QED) is 0.360. The summed E-state index contributed by atoms with van der Waals surface area (Å²) >= 11 is 1.24. The molecule has 2 aromatic heterocycles. The monoisotopic (exact) mass is 393 g/mol. The highest BCUT2D eigenvalue weighted by Crippen LogP contribution is 2.27. The summed E-state index contributed by atoms with van der Waals surface area (Å²) in [5.41, 5.74) is 3.71. The summed E-state index contributed by atoms with van der Waals surface area (Å²) in [4.78, 5) is 15.9. The fraction of sp³-hybridized carbons (Fsp3) is 0.190. The van der Waals surface area contributed by atoms with Crippen LogP contribution in [0.25, 0.3) is 22.4 Å². The summed E-state index contributed by atoms with van der Waals surface area (Å²) < 4.78 is 10.8. The average molecular weight is 393 g/mol. The molecule has 142 valence electrons. The molecule has 0 bridgehead atoms. The number of fused-ring (bicyclic) bond motifs is 1. The topological polar surface area (TPSA) is 81.0 Å². The van der Waals surface area contributed by atoms with Crippen LogP contribution in [0.1, 0.15) is 22.8 Å². The van der Waals surface area contributed by atoms with Gasteiger partial charge in [0.1, 0.15) is 5.75 Å². The third kappa shape index (κ3) is 3.53. The van der Waals surface area contributed by atoms with Crippen molar-refractivity contribution in [2.75, 3.05) is 12.9 Å². The van der Waals surface area contributed by atoms with Crippen molar-refractivity contribution < 1.29 is 13.9 Å². The smallest absolute Gasteiger partial charge is 0.277 e. The second-order valence-corrected chi connectivity index (χ2v) is 7.14. The third-order valence-corrected chi connectivity index (χ3v) is 5.37. The average Bonchev–Trinajstić information content (AvgIpc) is 3.39. The van der Waals surface area contributed by atoms with Gasteiger partial charge < -0.3 is 14.1 Å². The number of nitrogens with zero attached hydrogens (tertiary/aromatic N) is 2. The number of hydrogen-bond donors (Lipinski definition) is 1. The first-order valence-corrected chi connectivity index (χ1v) is 9.91. The molecule has 0 saturated carbocycles. The Balaban J connectivity index is 1.46. The van der Waals surface area contributed by atoms with Crippen molar-refractivity contribution in [3.63, 3.8) is 0 Å². The molecule has 0 aliphatic rings. The van der Waals surface area contributed by atoms with Crippen LogP contribution < -0.4 is 4.74 Å². The maximum Gasteiger partial charge on any atom is 0.277 e. The molecule has 0 aliphatic heterocycles. The zero-order valence-corrected chi connectivity index (χ0v) is 16.4. The molecule has 1 N–H and O–H groups in total. The number of methoxy groups -OCH3 is 1. The number of ketones is 1. The van der Waals surface area contributed by atoms with Gasteiger partial charge in [0.05, 0.1) is 12.9 Å². The Labute approximate surface area is 166 Å². The molecule has 0 fully saturated rings. The van der Waals surface area contributed by atoms with Gasteiger partial charge in [-0.15, -0.1) is 10.2 Å². The van der Waals surface area contributed by atoms with Crippen LogP contribution in [0.15, 0.2) is 58.3 Å². The fourth-order valence-corrected chi connectivity index (χ4v) is 3.71. The Morgan fingerprint density at radius 2 is 2.00 bits per heavy atom. The number of ether oxygens (including phenoxy) is 1. The van der Waals surface area contributed by atoms with Crippen LogP contribution in [0.5, 0.6) is 5.75 Å². The molecule has 6 nitrogen and oxygen atoms in total. The van der Waals surface area contributed by atoms with E-state index < -0.39 is 0 Å². The van der Waals surface area contributed by atoms with Crippen LogP contribution in [-0.2, 0) is 6.42 Å². The molecule has 4 aromatic rings. The largest absolute Gasteiger partial charge is 0.497 e. The van der Waals surface area contributed by atoms with E-state index in [0.717, 1.165) is 28.6 Å². The number of para-hydroxylation sites is 1. The Kier molecular flexibility index (Phi) is 5.16. The van der Waals surface area contributed by atoms with Crippen molar-refractivity contribution in [3.8, 4) is 17.2 Å². The van der Waals surface area contributed by atoms with Crippen LogP contribution in [-0.4, -0.2) is 33.8 Å². The molecule has 0 radical (unpaired) electrons. The van der Waals surface area contributed by atoms with Crippen molar-refractivity contribution in [1.82, 2.24) is 15.2 Å². The lowest BCUT2D eigenvalue weighted by atomic mass is 10.1. The molecule has 7 heteroatoms. The number of aromatic nitrogens is 3. The number of benzene rings is 2. The number of Topliss-reactive ketones (excluding diaryl/α,β-unsaturated/α-hetero) is 1. The Morgan fingerprint density at radius 1 is 1.18 bits per heavy atom. The zero-order chi connectivity index (χ0) is 19.5. The first-order valence-electron chi connectivity index (χ1n) is 8.92. The van der Waals surface area contributed by atoms with E-state index in [0.29, 0.717) is 16.7 Å². The molecule has 28 heavy (non-hydrogen) atoms. The van der Waals surface area contributed by atoms with E-state index in [1.165, 1.54) is 17.3 Å². The number of thioether (sulfide) groups is 1. The van der Waals surface area contributed by atoms with Gasteiger partial charge in [-0.25, -0.2) is 0 Å². The number of hydrogen-bond acceptors (Lipinski definition) is 6. The van der Waals surface area contributed by atoms with E-state index >= 15 is 0 Å². The number of nitrogens with one attached hydrogen (secondary N) is 1. The van der Waals surface area contributed by atoms with Crippen molar-refractivity contribution in [1.29, 1.82) is 0 Å². The normalized spacial score (nSPS) is 11.1. The first-order chi connectivity index (χ1) is 13.7. The first kappa shape index (κ1) is 18.3. The van der Waals surface area contributed by atoms with Crippen LogP contribution in [0.2, 0.25) is 0 Å². The number of carbonyl (C=O) groups is 1. The minimum absolute atomic E-state index is 0.0219. The standard InChI is InChI=1S/C21H19N3O3S/c1-3-13-5-4-6-16-17(11-22-19(13)16)18(25)12-28-21-24-23-20(27-21)14-7-9-15(26-2)10-8-14/h4-11,22H,3,12H2,1-2H3. The summed E-state index contributed by atoms with van der Waals surface area (Å²) in [5.74, 6) is 1.42. The Morgan fingerprint density at radius 3 is 2.75 bits per heavy atom. The van der Waals surface area contributed by atoms with E-state index in [-0.39, 0.29) is 11.5 Å². The van der Waals surface area contributed by atoms with Gasteiger partial charge >= 0.3 is 0 Å². The molecule has 0 aliphatic carbocycles. The van der Waals surface area contributed by atoms with Crippen molar-refractivity contribution in [3.05, 3.63) is 59.8 Å². The molecule has 0 spiro atoms. The van der Waals surface area contributed by atoms with Crippen LogP contribution >= 0.6 is 11.8 Å². The zero-order valence-electron chi connectivity index (χ0n) is 15.6. The van der Waals surface area contributed by atoms with E-state index in [2.05, 4.69) is 28.2 Å². The lowest BCUT2D eigenvalue weighted by Gasteiger charge is -2.01. The van der Waals surface area contributed by atoms with Crippen LogP contribution in [0.4, 0.5) is 0 Å². The van der Waals surface area contributed by atoms with E-state index in [9.17, 15) is 4.79 Å². The van der Waals surface area contributed by atoms with Gasteiger partial charge in [0.2, 0.25) is 5.89 Å². The van der Waals surface area contributed by atoms with Crippen molar-refractivity contribution in [2.24, 2.45) is 0 Å². The van der Waals surface area contributed by atoms with Gasteiger partial charge in [-0.3, -0.25) is 4.79 Å².